The van der Waals surface area contributed by atoms with Crippen molar-refractivity contribution in [3.8, 4) is 0 Å². The van der Waals surface area contributed by atoms with Gasteiger partial charge < -0.3 is 20.9 Å². The van der Waals surface area contributed by atoms with Gasteiger partial charge in [-0.1, -0.05) is 0 Å². The number of amides is 1. The quantitative estimate of drug-likeness (QED) is 0.491. The van der Waals surface area contributed by atoms with Crippen LogP contribution >= 0.6 is 0 Å². The summed E-state index contributed by atoms with van der Waals surface area (Å²) in [6.07, 6.45) is 0.632. The SMILES string of the molecule is Nc1cc(F)ccc1C(=O)NCCCOCCO. The van der Waals surface area contributed by atoms with E-state index < -0.39 is 5.82 Å². The zero-order valence-corrected chi connectivity index (χ0v) is 9.99. The maximum atomic E-state index is 12.8. The van der Waals surface area contributed by atoms with Crippen LogP contribution in [0.1, 0.15) is 16.8 Å². The van der Waals surface area contributed by atoms with Gasteiger partial charge in [-0.3, -0.25) is 4.79 Å². The van der Waals surface area contributed by atoms with Crippen molar-refractivity contribution in [1.82, 2.24) is 5.32 Å². The maximum absolute atomic E-state index is 12.8. The van der Waals surface area contributed by atoms with Crippen LogP contribution in [0.25, 0.3) is 0 Å². The molecule has 0 unspecified atom stereocenters. The monoisotopic (exact) mass is 256 g/mol. The van der Waals surface area contributed by atoms with Gasteiger partial charge >= 0.3 is 0 Å². The number of nitrogen functional groups attached to an aromatic ring is 1. The molecular formula is C12H17FN2O3. The van der Waals surface area contributed by atoms with Crippen LogP contribution in [0.15, 0.2) is 18.2 Å². The Kier molecular flexibility index (Phi) is 6.10. The van der Waals surface area contributed by atoms with E-state index in [0.717, 1.165) is 6.07 Å². The number of carbonyl (C=O) groups excluding carboxylic acids is 1. The highest BCUT2D eigenvalue weighted by atomic mass is 19.1. The van der Waals surface area contributed by atoms with Gasteiger partial charge in [0, 0.05) is 18.8 Å². The summed E-state index contributed by atoms with van der Waals surface area (Å²) >= 11 is 0. The third-order valence-electron chi connectivity index (χ3n) is 2.24. The average Bonchev–Trinajstić information content (AvgIpc) is 2.33. The molecular weight excluding hydrogens is 239 g/mol. The van der Waals surface area contributed by atoms with Gasteiger partial charge in [-0.05, 0) is 24.6 Å². The molecule has 100 valence electrons. The number of nitrogens with two attached hydrogens (primary N) is 1. The van der Waals surface area contributed by atoms with Crippen LogP contribution in [0.4, 0.5) is 10.1 Å². The summed E-state index contributed by atoms with van der Waals surface area (Å²) in [5.41, 5.74) is 5.91. The molecule has 1 rings (SSSR count). The first-order chi connectivity index (χ1) is 8.65. The molecule has 1 amide bonds. The lowest BCUT2D eigenvalue weighted by Gasteiger charge is -2.07. The molecule has 0 aliphatic carbocycles. The number of carbonyl (C=O) groups is 1. The Balaban J connectivity index is 2.32. The highest BCUT2D eigenvalue weighted by Crippen LogP contribution is 2.12. The molecule has 4 N–H and O–H groups in total. The number of benzene rings is 1. The molecule has 1 aromatic rings. The highest BCUT2D eigenvalue weighted by Gasteiger charge is 2.09. The summed E-state index contributed by atoms with van der Waals surface area (Å²) in [5.74, 6) is -0.809. The van der Waals surface area contributed by atoms with Crippen LogP contribution in [0.3, 0.4) is 0 Å². The maximum Gasteiger partial charge on any atom is 0.253 e. The molecule has 5 nitrogen and oxygen atoms in total. The van der Waals surface area contributed by atoms with E-state index >= 15 is 0 Å². The largest absolute Gasteiger partial charge is 0.398 e. The number of anilines is 1. The molecule has 0 heterocycles. The number of halogens is 1. The fourth-order valence-electron chi connectivity index (χ4n) is 1.38. The Morgan fingerprint density at radius 1 is 1.44 bits per heavy atom. The molecule has 18 heavy (non-hydrogen) atoms. The van der Waals surface area contributed by atoms with Crippen LogP contribution in [0.2, 0.25) is 0 Å². The predicted molar refractivity (Wildman–Crippen MR) is 65.7 cm³/mol. The van der Waals surface area contributed by atoms with Crippen LogP contribution < -0.4 is 11.1 Å². The van der Waals surface area contributed by atoms with Gasteiger partial charge in [-0.15, -0.1) is 0 Å². The Bertz CT molecular complexity index is 399. The van der Waals surface area contributed by atoms with Gasteiger partial charge in [0.25, 0.3) is 5.91 Å². The summed E-state index contributed by atoms with van der Waals surface area (Å²) in [4.78, 5) is 11.7. The Hall–Kier alpha value is -1.66. The second kappa shape index (κ2) is 7.62. The van der Waals surface area contributed by atoms with Crippen molar-refractivity contribution in [2.24, 2.45) is 0 Å². The molecule has 0 atom stereocenters. The van der Waals surface area contributed by atoms with E-state index in [1.165, 1.54) is 12.1 Å². The van der Waals surface area contributed by atoms with Crippen LogP contribution in [0.5, 0.6) is 0 Å². The van der Waals surface area contributed by atoms with E-state index in [0.29, 0.717) is 26.2 Å². The minimum Gasteiger partial charge on any atom is -0.398 e. The van der Waals surface area contributed by atoms with Gasteiger partial charge in [0.05, 0.1) is 18.8 Å². The molecule has 0 aromatic heterocycles. The number of hydrogen-bond acceptors (Lipinski definition) is 4. The predicted octanol–water partition coefficient (Wildman–Crippen LogP) is 0.537. The van der Waals surface area contributed by atoms with Crippen molar-refractivity contribution in [3.63, 3.8) is 0 Å². The lowest BCUT2D eigenvalue weighted by atomic mass is 10.1. The smallest absolute Gasteiger partial charge is 0.253 e. The average molecular weight is 256 g/mol. The Morgan fingerprint density at radius 3 is 2.89 bits per heavy atom. The first-order valence-corrected chi connectivity index (χ1v) is 5.67. The van der Waals surface area contributed by atoms with E-state index in [1.54, 1.807) is 0 Å². The lowest BCUT2D eigenvalue weighted by molar-refractivity contribution is 0.0868. The Labute approximate surface area is 105 Å². The topological polar surface area (TPSA) is 84.6 Å². The summed E-state index contributed by atoms with van der Waals surface area (Å²) < 4.78 is 17.8. The summed E-state index contributed by atoms with van der Waals surface area (Å²) in [6.45, 7) is 1.16. The van der Waals surface area contributed by atoms with E-state index in [9.17, 15) is 9.18 Å². The normalized spacial score (nSPS) is 10.3. The number of rotatable bonds is 7. The van der Waals surface area contributed by atoms with Crippen LogP contribution in [0, 0.1) is 5.82 Å². The second-order valence-electron chi connectivity index (χ2n) is 3.68. The van der Waals surface area contributed by atoms with E-state index in [4.69, 9.17) is 15.6 Å². The first-order valence-electron chi connectivity index (χ1n) is 5.67. The van der Waals surface area contributed by atoms with E-state index in [2.05, 4.69) is 5.32 Å². The fourth-order valence-corrected chi connectivity index (χ4v) is 1.38. The second-order valence-corrected chi connectivity index (χ2v) is 3.68. The van der Waals surface area contributed by atoms with Crippen LogP contribution in [-0.2, 0) is 4.74 Å². The third kappa shape index (κ3) is 4.68. The molecule has 0 fully saturated rings. The van der Waals surface area contributed by atoms with Crippen molar-refractivity contribution in [1.29, 1.82) is 0 Å². The van der Waals surface area contributed by atoms with Gasteiger partial charge in [-0.25, -0.2) is 4.39 Å². The highest BCUT2D eigenvalue weighted by molar-refractivity contribution is 5.99. The fraction of sp³-hybridized carbons (Fsp3) is 0.417. The standard InChI is InChI=1S/C12H17FN2O3/c13-9-2-3-10(11(14)8-9)12(17)15-4-1-6-18-7-5-16/h2-3,8,16H,1,4-7,14H2,(H,15,17). The summed E-state index contributed by atoms with van der Waals surface area (Å²) in [6, 6.07) is 3.65. The first kappa shape index (κ1) is 14.4. The third-order valence-corrected chi connectivity index (χ3v) is 2.24. The Morgan fingerprint density at radius 2 is 2.22 bits per heavy atom. The van der Waals surface area contributed by atoms with E-state index in [-0.39, 0.29) is 23.8 Å². The summed E-state index contributed by atoms with van der Waals surface area (Å²) in [7, 11) is 0. The van der Waals surface area contributed by atoms with E-state index in [1.807, 2.05) is 0 Å². The summed E-state index contributed by atoms with van der Waals surface area (Å²) in [5, 5.41) is 11.1. The van der Waals surface area contributed by atoms with Crippen LogP contribution in [-0.4, -0.2) is 37.4 Å². The minimum absolute atomic E-state index is 0.0154. The number of ether oxygens (including phenoxy) is 1. The molecule has 0 radical (unpaired) electrons. The molecule has 0 saturated heterocycles. The number of hydrogen-bond donors (Lipinski definition) is 3. The zero-order chi connectivity index (χ0) is 13.4. The van der Waals surface area contributed by atoms with Crippen molar-refractivity contribution >= 4 is 11.6 Å². The van der Waals surface area contributed by atoms with Gasteiger partial charge in [0.15, 0.2) is 0 Å². The van der Waals surface area contributed by atoms with Gasteiger partial charge in [-0.2, -0.15) is 0 Å². The number of aliphatic hydroxyl groups is 1. The van der Waals surface area contributed by atoms with Crippen molar-refractivity contribution in [2.75, 3.05) is 32.1 Å². The molecule has 0 bridgehead atoms. The molecule has 0 aliphatic heterocycles. The van der Waals surface area contributed by atoms with Crippen molar-refractivity contribution in [2.45, 2.75) is 6.42 Å². The number of nitrogens with one attached hydrogen (secondary N) is 1. The molecule has 0 aliphatic rings. The molecule has 1 aromatic carbocycles. The molecule has 0 spiro atoms. The minimum atomic E-state index is -0.471. The van der Waals surface area contributed by atoms with Gasteiger partial charge in [0.2, 0.25) is 0 Å². The van der Waals surface area contributed by atoms with Gasteiger partial charge in [0.1, 0.15) is 5.82 Å². The molecule has 0 saturated carbocycles. The van der Waals surface area contributed by atoms with Crippen molar-refractivity contribution in [3.05, 3.63) is 29.6 Å². The molecule has 6 heteroatoms. The lowest BCUT2D eigenvalue weighted by Crippen LogP contribution is -2.26. The zero-order valence-electron chi connectivity index (χ0n) is 9.99. The number of aliphatic hydroxyl groups excluding tert-OH is 1. The van der Waals surface area contributed by atoms with Crippen molar-refractivity contribution < 1.29 is 19.0 Å².